The molecule has 0 spiro atoms. The second kappa shape index (κ2) is 8.51. The molecule has 5 heteroatoms. The van der Waals surface area contributed by atoms with Gasteiger partial charge in [0.15, 0.2) is 11.5 Å². The van der Waals surface area contributed by atoms with E-state index in [9.17, 15) is 0 Å². The maximum atomic E-state index is 6.45. The van der Waals surface area contributed by atoms with E-state index in [0.29, 0.717) is 18.1 Å². The smallest absolute Gasteiger partial charge is 0.151 e. The molecule has 0 saturated carbocycles. The van der Waals surface area contributed by atoms with Crippen molar-refractivity contribution in [1.29, 1.82) is 0 Å². The van der Waals surface area contributed by atoms with Crippen LogP contribution in [0.25, 0.3) is 11.1 Å². The van der Waals surface area contributed by atoms with Gasteiger partial charge in [0.25, 0.3) is 0 Å². The number of hydrogen-bond acceptors (Lipinski definition) is 5. The third-order valence-corrected chi connectivity index (χ3v) is 7.87. The molecule has 2 aromatic carbocycles. The molecular weight excluding hydrogens is 432 g/mol. The van der Waals surface area contributed by atoms with Gasteiger partial charge in [-0.05, 0) is 85.3 Å². The molecule has 35 heavy (non-hydrogen) atoms. The van der Waals surface area contributed by atoms with Gasteiger partial charge in [0.2, 0.25) is 0 Å². The number of aromatic nitrogens is 2. The predicted molar refractivity (Wildman–Crippen MR) is 138 cm³/mol. The van der Waals surface area contributed by atoms with Crippen LogP contribution in [0.3, 0.4) is 0 Å². The molecule has 3 atom stereocenters. The fourth-order valence-corrected chi connectivity index (χ4v) is 6.30. The third-order valence-electron chi connectivity index (χ3n) is 7.87. The van der Waals surface area contributed by atoms with Crippen molar-refractivity contribution in [2.24, 2.45) is 0 Å². The number of pyridine rings is 2. The summed E-state index contributed by atoms with van der Waals surface area (Å²) in [6, 6.07) is 27.1. The summed E-state index contributed by atoms with van der Waals surface area (Å²) < 4.78 is 6.45. The van der Waals surface area contributed by atoms with Crippen LogP contribution in [0.2, 0.25) is 0 Å². The molecule has 0 N–H and O–H groups in total. The molecule has 2 aromatic heterocycles. The van der Waals surface area contributed by atoms with E-state index in [-0.39, 0.29) is 0 Å². The summed E-state index contributed by atoms with van der Waals surface area (Å²) in [7, 11) is 0. The molecule has 0 radical (unpaired) electrons. The summed E-state index contributed by atoms with van der Waals surface area (Å²) in [4.78, 5) is 14.0. The Morgan fingerprint density at radius 1 is 0.714 bits per heavy atom. The second-order valence-electron chi connectivity index (χ2n) is 9.86. The van der Waals surface area contributed by atoms with Gasteiger partial charge in [-0.3, -0.25) is 14.9 Å². The summed E-state index contributed by atoms with van der Waals surface area (Å²) in [5.41, 5.74) is 5.82. The van der Waals surface area contributed by atoms with E-state index in [2.05, 4.69) is 74.4 Å². The Kier molecular flexibility index (Phi) is 5.02. The highest BCUT2D eigenvalue weighted by Gasteiger charge is 2.44. The Morgan fingerprint density at radius 2 is 1.49 bits per heavy atom. The molecule has 0 aliphatic carbocycles. The van der Waals surface area contributed by atoms with E-state index < -0.39 is 0 Å². The zero-order valence-electron chi connectivity index (χ0n) is 19.6. The van der Waals surface area contributed by atoms with Crippen LogP contribution >= 0.6 is 0 Å². The van der Waals surface area contributed by atoms with Crippen LogP contribution in [0.5, 0.6) is 11.5 Å². The van der Waals surface area contributed by atoms with Crippen molar-refractivity contribution in [3.05, 3.63) is 97.1 Å². The first-order valence-electron chi connectivity index (χ1n) is 12.6. The fraction of sp³-hybridized carbons (Fsp3) is 0.267. The molecule has 3 aliphatic rings. The lowest BCUT2D eigenvalue weighted by Crippen LogP contribution is -2.49. The van der Waals surface area contributed by atoms with Gasteiger partial charge in [-0.25, -0.2) is 0 Å². The lowest BCUT2D eigenvalue weighted by atomic mass is 9.93. The van der Waals surface area contributed by atoms with Crippen LogP contribution in [0.15, 0.2) is 91.4 Å². The van der Waals surface area contributed by atoms with Crippen molar-refractivity contribution in [1.82, 2.24) is 14.9 Å². The van der Waals surface area contributed by atoms with Crippen molar-refractivity contribution in [2.45, 2.75) is 50.4 Å². The van der Waals surface area contributed by atoms with Crippen LogP contribution in [0.4, 0.5) is 11.4 Å². The average Bonchev–Trinajstić information content (AvgIpc) is 3.14. The van der Waals surface area contributed by atoms with Crippen molar-refractivity contribution in [3.63, 3.8) is 0 Å². The van der Waals surface area contributed by atoms with E-state index >= 15 is 0 Å². The van der Waals surface area contributed by atoms with Gasteiger partial charge >= 0.3 is 0 Å². The summed E-state index contributed by atoms with van der Waals surface area (Å²) in [5.74, 6) is 1.87. The van der Waals surface area contributed by atoms with Crippen molar-refractivity contribution in [2.75, 3.05) is 4.90 Å². The molecule has 1 unspecified atom stereocenters. The van der Waals surface area contributed by atoms with Crippen LogP contribution in [-0.2, 0) is 6.54 Å². The van der Waals surface area contributed by atoms with Crippen molar-refractivity contribution < 1.29 is 4.74 Å². The second-order valence-corrected chi connectivity index (χ2v) is 9.86. The lowest BCUT2D eigenvalue weighted by molar-refractivity contribution is 0.118. The van der Waals surface area contributed by atoms with Gasteiger partial charge in [0.05, 0.1) is 17.1 Å². The minimum absolute atomic E-state index is 0.447. The highest BCUT2D eigenvalue weighted by molar-refractivity contribution is 5.81. The number of piperidine rings is 1. The quantitative estimate of drug-likeness (QED) is 0.344. The number of anilines is 2. The normalized spacial score (nSPS) is 22.9. The number of benzene rings is 2. The van der Waals surface area contributed by atoms with Crippen LogP contribution in [-0.4, -0.2) is 33.0 Å². The summed E-state index contributed by atoms with van der Waals surface area (Å²) in [6.07, 6.45) is 10.4. The molecule has 0 amide bonds. The SMILES string of the molecule is c1ccc(CN2[C@@H]3CC[C@H]2CC(N2c4ccccc4Oc4cc(-c5ccncc5)ccc42)C3)nc1. The van der Waals surface area contributed by atoms with Gasteiger partial charge in [0.1, 0.15) is 0 Å². The van der Waals surface area contributed by atoms with Gasteiger partial charge in [-0.1, -0.05) is 24.3 Å². The number of rotatable bonds is 4. The Morgan fingerprint density at radius 3 is 2.29 bits per heavy atom. The first-order valence-corrected chi connectivity index (χ1v) is 12.6. The van der Waals surface area contributed by atoms with Gasteiger partial charge < -0.3 is 9.64 Å². The molecule has 7 rings (SSSR count). The molecule has 5 heterocycles. The molecule has 2 fully saturated rings. The number of para-hydroxylation sites is 2. The van der Waals surface area contributed by atoms with E-state index in [1.54, 1.807) is 0 Å². The van der Waals surface area contributed by atoms with E-state index in [1.807, 2.05) is 36.8 Å². The number of ether oxygens (including phenoxy) is 1. The summed E-state index contributed by atoms with van der Waals surface area (Å²) >= 11 is 0. The van der Waals surface area contributed by atoms with Crippen LogP contribution in [0, 0.1) is 0 Å². The van der Waals surface area contributed by atoms with Crippen LogP contribution < -0.4 is 9.64 Å². The molecule has 2 bridgehead atoms. The maximum absolute atomic E-state index is 6.45. The molecule has 5 nitrogen and oxygen atoms in total. The largest absolute Gasteiger partial charge is 0.453 e. The molecule has 174 valence electrons. The lowest BCUT2D eigenvalue weighted by Gasteiger charge is -2.46. The van der Waals surface area contributed by atoms with E-state index in [1.165, 1.54) is 29.9 Å². The summed E-state index contributed by atoms with van der Waals surface area (Å²) in [5, 5.41) is 0. The fourth-order valence-electron chi connectivity index (χ4n) is 6.30. The van der Waals surface area contributed by atoms with Gasteiger partial charge in [0, 0.05) is 43.3 Å². The van der Waals surface area contributed by atoms with E-state index in [4.69, 9.17) is 4.74 Å². The number of hydrogen-bond donors (Lipinski definition) is 0. The Bertz CT molecular complexity index is 1330. The highest BCUT2D eigenvalue weighted by atomic mass is 16.5. The summed E-state index contributed by atoms with van der Waals surface area (Å²) in [6.45, 7) is 0.953. The molecule has 2 saturated heterocycles. The highest BCUT2D eigenvalue weighted by Crippen LogP contribution is 2.51. The van der Waals surface area contributed by atoms with Crippen molar-refractivity contribution >= 4 is 11.4 Å². The molecule has 3 aliphatic heterocycles. The zero-order valence-corrected chi connectivity index (χ0v) is 19.6. The third kappa shape index (κ3) is 3.67. The van der Waals surface area contributed by atoms with Crippen molar-refractivity contribution in [3.8, 4) is 22.6 Å². The zero-order chi connectivity index (χ0) is 23.2. The minimum atomic E-state index is 0.447. The average molecular weight is 461 g/mol. The Labute approximate surface area is 206 Å². The number of fused-ring (bicyclic) bond motifs is 4. The monoisotopic (exact) mass is 460 g/mol. The first-order chi connectivity index (χ1) is 17.3. The topological polar surface area (TPSA) is 41.5 Å². The minimum Gasteiger partial charge on any atom is -0.453 e. The van der Waals surface area contributed by atoms with Gasteiger partial charge in [-0.2, -0.15) is 0 Å². The molecular formula is C30H28N4O. The van der Waals surface area contributed by atoms with Crippen LogP contribution in [0.1, 0.15) is 31.4 Å². The van der Waals surface area contributed by atoms with E-state index in [0.717, 1.165) is 42.0 Å². The Balaban J connectivity index is 1.22. The maximum Gasteiger partial charge on any atom is 0.151 e. The Hall–Kier alpha value is -3.70. The number of nitrogens with zero attached hydrogens (tertiary/aromatic N) is 4. The standard InChI is InChI=1S/C30H28N4O/c1-2-7-29-27(6-1)34(28-11-8-22(17-30(28)35-29)21-12-15-31-16-13-21)26-18-24-9-10-25(19-26)33(24)20-23-5-3-4-14-32-23/h1-8,11-17,24-26H,9-10,18-20H2/t24-,25+,26?. The molecule has 4 aromatic rings. The first kappa shape index (κ1) is 20.7. The predicted octanol–water partition coefficient (Wildman–Crippen LogP) is 6.58. The van der Waals surface area contributed by atoms with Gasteiger partial charge in [-0.15, -0.1) is 0 Å².